The molecule has 3 aromatic rings. The first-order valence-corrected chi connectivity index (χ1v) is 13.8. The molecule has 0 bridgehead atoms. The molecule has 1 saturated carbocycles. The number of hydrogen-bond acceptors (Lipinski definition) is 7. The SMILES string of the molecule is Cc1cc(CN2CCOCC2)nc(Cn2c(=O)ccn(C)c2=O)c1.O=C(NCC(O)=C1CCC1)c1c(F)cccc1F.[CH3-].[Cs+]. The molecule has 1 aliphatic heterocycles. The number of rotatable bonds is 7. The first kappa shape index (κ1) is 38.1. The molecule has 0 spiro atoms. The van der Waals surface area contributed by atoms with E-state index in [4.69, 9.17) is 4.74 Å². The van der Waals surface area contributed by atoms with Gasteiger partial charge in [0.15, 0.2) is 0 Å². The van der Waals surface area contributed by atoms with E-state index in [9.17, 15) is 28.3 Å². The number of allylic oxidation sites excluding steroid dienone is 1. The molecule has 1 aromatic carbocycles. The number of carbonyl (C=O) groups excluding carboxylic acids is 1. The zero-order valence-electron chi connectivity index (χ0n) is 25.7. The van der Waals surface area contributed by atoms with Crippen molar-refractivity contribution in [1.29, 1.82) is 0 Å². The Bertz CT molecular complexity index is 1560. The van der Waals surface area contributed by atoms with Crippen molar-refractivity contribution in [2.45, 2.75) is 39.3 Å². The fourth-order valence-corrected chi connectivity index (χ4v) is 4.62. The van der Waals surface area contributed by atoms with Crippen molar-refractivity contribution < 1.29 is 92.3 Å². The first-order valence-electron chi connectivity index (χ1n) is 13.8. The number of aryl methyl sites for hydroxylation is 2. The molecular weight excluding hydrogens is 693 g/mol. The van der Waals surface area contributed by atoms with E-state index < -0.39 is 23.1 Å². The summed E-state index contributed by atoms with van der Waals surface area (Å²) in [4.78, 5) is 42.7. The van der Waals surface area contributed by atoms with Gasteiger partial charge >= 0.3 is 74.6 Å². The predicted octanol–water partition coefficient (Wildman–Crippen LogP) is 0.276. The molecule has 0 atom stereocenters. The summed E-state index contributed by atoms with van der Waals surface area (Å²) < 4.78 is 34.5. The van der Waals surface area contributed by atoms with E-state index >= 15 is 0 Å². The van der Waals surface area contributed by atoms with Crippen molar-refractivity contribution in [3.63, 3.8) is 0 Å². The van der Waals surface area contributed by atoms with Crippen molar-refractivity contribution in [2.75, 3.05) is 32.8 Å². The molecule has 2 fully saturated rings. The molecule has 1 saturated heterocycles. The Morgan fingerprint density at radius 3 is 2.25 bits per heavy atom. The van der Waals surface area contributed by atoms with Gasteiger partial charge in [-0.1, -0.05) is 6.07 Å². The number of nitrogens with one attached hydrogen (secondary N) is 1. The van der Waals surface area contributed by atoms with Gasteiger partial charge in [0.05, 0.1) is 37.7 Å². The van der Waals surface area contributed by atoms with Crippen LogP contribution >= 0.6 is 0 Å². The van der Waals surface area contributed by atoms with Crippen molar-refractivity contribution in [3.8, 4) is 0 Å². The summed E-state index contributed by atoms with van der Waals surface area (Å²) in [5, 5.41) is 11.9. The minimum absolute atomic E-state index is 0. The minimum Gasteiger partial charge on any atom is -0.510 e. The van der Waals surface area contributed by atoms with Crippen LogP contribution < -0.4 is 85.5 Å². The third-order valence-electron chi connectivity index (χ3n) is 7.10. The molecule has 1 amide bonds. The number of hydrogen-bond donors (Lipinski definition) is 2. The van der Waals surface area contributed by atoms with Gasteiger partial charge in [-0.25, -0.2) is 13.6 Å². The zero-order valence-corrected chi connectivity index (χ0v) is 32.0. The maximum atomic E-state index is 13.3. The average Bonchev–Trinajstić information content (AvgIpc) is 2.92. The van der Waals surface area contributed by atoms with Crippen LogP contribution in [0, 0.1) is 26.0 Å². The fraction of sp³-hybridized carbons (Fsp3) is 0.387. The Kier molecular flexibility index (Phi) is 15.7. The summed E-state index contributed by atoms with van der Waals surface area (Å²) >= 11 is 0. The third kappa shape index (κ3) is 10.5. The number of morpholine rings is 1. The molecule has 2 aliphatic rings. The molecule has 44 heavy (non-hydrogen) atoms. The number of benzene rings is 1. The first-order chi connectivity index (χ1) is 20.1. The monoisotopic (exact) mass is 731 g/mol. The molecular formula is C31H38CsF2N5O5. The number of carbonyl (C=O) groups is 1. The Hall–Kier alpha value is -2.11. The largest absolute Gasteiger partial charge is 1.00 e. The van der Waals surface area contributed by atoms with Gasteiger partial charge in [-0.05, 0) is 61.6 Å². The number of ether oxygens (including phenoxy) is 1. The summed E-state index contributed by atoms with van der Waals surface area (Å²) in [7, 11) is 1.63. The van der Waals surface area contributed by atoms with Crippen LogP contribution in [0.25, 0.3) is 0 Å². The predicted molar refractivity (Wildman–Crippen MR) is 159 cm³/mol. The summed E-state index contributed by atoms with van der Waals surface area (Å²) in [6, 6.07) is 8.58. The smallest absolute Gasteiger partial charge is 0.510 e. The normalized spacial score (nSPS) is 14.2. The topological polar surface area (TPSA) is 119 Å². The number of aromatic nitrogens is 3. The minimum atomic E-state index is -0.914. The molecule has 5 rings (SSSR count). The quantitative estimate of drug-likeness (QED) is 0.265. The number of nitrogens with zero attached hydrogens (tertiary/aromatic N) is 4. The third-order valence-corrected chi connectivity index (χ3v) is 7.10. The van der Waals surface area contributed by atoms with E-state index in [2.05, 4.69) is 15.2 Å². The molecule has 0 radical (unpaired) electrons. The van der Waals surface area contributed by atoms with Gasteiger partial charge < -0.3 is 27.2 Å². The standard InChI is InChI=1S/C17H22N4O3.C13H13F2NO2.CH3.Cs/c1-13-9-14(11-20-5-7-24-8-6-20)18-15(10-13)12-21-16(22)3-4-19(2)17(21)23;14-9-5-2-6-10(15)12(9)13(18)16-7-11(17)8-3-1-4-8;;/h3-4,9-10H,5-8,11-12H2,1-2H3;2,5-6,17H,1,3-4,7H2,(H,16,18);1H3;/q;;-1;+1. The van der Waals surface area contributed by atoms with E-state index in [0.29, 0.717) is 0 Å². The van der Waals surface area contributed by atoms with E-state index in [0.717, 1.165) is 86.8 Å². The van der Waals surface area contributed by atoms with E-state index in [1.165, 1.54) is 27.5 Å². The summed E-state index contributed by atoms with van der Waals surface area (Å²) in [5.41, 5.74) is 2.38. The second-order valence-corrected chi connectivity index (χ2v) is 10.3. The van der Waals surface area contributed by atoms with Crippen LogP contribution in [-0.2, 0) is 24.9 Å². The molecule has 232 valence electrons. The maximum Gasteiger partial charge on any atom is 1.00 e. The van der Waals surface area contributed by atoms with Crippen LogP contribution in [0.4, 0.5) is 8.78 Å². The summed E-state index contributed by atoms with van der Waals surface area (Å²) in [6.45, 7) is 6.11. The second kappa shape index (κ2) is 18.1. The molecule has 2 N–H and O–H groups in total. The van der Waals surface area contributed by atoms with Gasteiger partial charge in [0, 0.05) is 38.9 Å². The van der Waals surface area contributed by atoms with Gasteiger partial charge in [-0.2, -0.15) is 0 Å². The van der Waals surface area contributed by atoms with Crippen molar-refractivity contribution >= 4 is 5.91 Å². The van der Waals surface area contributed by atoms with Crippen LogP contribution in [-0.4, -0.2) is 62.9 Å². The van der Waals surface area contributed by atoms with Crippen LogP contribution in [0.1, 0.15) is 46.6 Å². The van der Waals surface area contributed by atoms with Crippen LogP contribution in [0.5, 0.6) is 0 Å². The zero-order chi connectivity index (χ0) is 30.2. The number of halogens is 2. The van der Waals surface area contributed by atoms with Crippen molar-refractivity contribution in [3.05, 3.63) is 116 Å². The molecule has 0 unspecified atom stereocenters. The molecule has 13 heteroatoms. The Morgan fingerprint density at radius 2 is 1.66 bits per heavy atom. The van der Waals surface area contributed by atoms with Crippen LogP contribution in [0.3, 0.4) is 0 Å². The number of amides is 1. The summed E-state index contributed by atoms with van der Waals surface area (Å²) in [6.07, 6.45) is 4.13. The van der Waals surface area contributed by atoms with Crippen molar-refractivity contribution in [2.24, 2.45) is 7.05 Å². The van der Waals surface area contributed by atoms with Crippen LogP contribution in [0.15, 0.2) is 63.5 Å². The fourth-order valence-electron chi connectivity index (χ4n) is 4.62. The molecule has 3 heterocycles. The number of aliphatic hydroxyl groups excluding tert-OH is 1. The van der Waals surface area contributed by atoms with Gasteiger partial charge in [0.25, 0.3) is 11.5 Å². The van der Waals surface area contributed by atoms with E-state index in [1.807, 2.05) is 19.1 Å². The maximum absolute atomic E-state index is 13.3. The van der Waals surface area contributed by atoms with Crippen LogP contribution in [0.2, 0.25) is 0 Å². The number of aliphatic hydroxyl groups is 1. The Morgan fingerprint density at radius 1 is 1.05 bits per heavy atom. The Balaban J connectivity index is 0.000000305. The van der Waals surface area contributed by atoms with Gasteiger partial charge in [-0.3, -0.25) is 24.0 Å². The Labute approximate surface area is 314 Å². The molecule has 10 nitrogen and oxygen atoms in total. The number of pyridine rings is 1. The van der Waals surface area contributed by atoms with Crippen molar-refractivity contribution in [1.82, 2.24) is 24.3 Å². The van der Waals surface area contributed by atoms with E-state index in [-0.39, 0.29) is 106 Å². The molecule has 1 aliphatic carbocycles. The molecule has 2 aromatic heterocycles. The summed E-state index contributed by atoms with van der Waals surface area (Å²) in [5.74, 6) is -2.60. The van der Waals surface area contributed by atoms with E-state index in [1.54, 1.807) is 7.05 Å². The van der Waals surface area contributed by atoms with Gasteiger partial charge in [0.2, 0.25) is 0 Å². The van der Waals surface area contributed by atoms with Gasteiger partial charge in [0.1, 0.15) is 23.0 Å². The van der Waals surface area contributed by atoms with Gasteiger partial charge in [-0.15, -0.1) is 0 Å². The average molecular weight is 732 g/mol. The second-order valence-electron chi connectivity index (χ2n) is 10.3.